The zero-order valence-corrected chi connectivity index (χ0v) is 17.1. The molecule has 0 aliphatic rings. The molecular formula is C24H21N3O4. The molecule has 3 aromatic carbocycles. The summed E-state index contributed by atoms with van der Waals surface area (Å²) in [5.41, 5.74) is 2.54. The first-order chi connectivity index (χ1) is 15.0. The predicted molar refractivity (Wildman–Crippen MR) is 118 cm³/mol. The van der Waals surface area contributed by atoms with Crippen molar-refractivity contribution in [2.24, 2.45) is 0 Å². The predicted octanol–water partition coefficient (Wildman–Crippen LogP) is 4.95. The van der Waals surface area contributed by atoms with E-state index >= 15 is 0 Å². The Labute approximate surface area is 179 Å². The number of amides is 1. The highest BCUT2D eigenvalue weighted by molar-refractivity contribution is 5.99. The van der Waals surface area contributed by atoms with Gasteiger partial charge in [-0.25, -0.2) is 0 Å². The Kier molecular flexibility index (Phi) is 5.41. The standard InChI is InChI=1S/C24H21N3O4/c1-26(24(28)19-8-4-6-10-22(19)27(29)30)23(16-11-13-17(31-2)14-12-16)20-15-25-21-9-5-3-7-18(20)21/h3-15,23,25H,1-2H3/t23-/m0/s1. The lowest BCUT2D eigenvalue weighted by molar-refractivity contribution is -0.385. The minimum atomic E-state index is -0.533. The number of H-pyrrole nitrogens is 1. The number of methoxy groups -OCH3 is 1. The molecule has 0 bridgehead atoms. The number of nitro groups is 1. The van der Waals surface area contributed by atoms with Gasteiger partial charge in [-0.05, 0) is 29.8 Å². The molecule has 0 radical (unpaired) electrons. The number of aromatic nitrogens is 1. The molecule has 0 aliphatic carbocycles. The lowest BCUT2D eigenvalue weighted by Gasteiger charge is -2.29. The van der Waals surface area contributed by atoms with Gasteiger partial charge in [0.25, 0.3) is 11.6 Å². The van der Waals surface area contributed by atoms with Gasteiger partial charge in [-0.1, -0.05) is 42.5 Å². The van der Waals surface area contributed by atoms with E-state index in [2.05, 4.69) is 4.98 Å². The Balaban J connectivity index is 1.84. The van der Waals surface area contributed by atoms with Crippen LogP contribution in [0.15, 0.2) is 79.0 Å². The minimum Gasteiger partial charge on any atom is -0.497 e. The normalized spacial score (nSPS) is 11.8. The van der Waals surface area contributed by atoms with Gasteiger partial charge in [0.1, 0.15) is 11.3 Å². The van der Waals surface area contributed by atoms with Crippen molar-refractivity contribution in [3.05, 3.63) is 106 Å². The van der Waals surface area contributed by atoms with Crippen molar-refractivity contribution >= 4 is 22.5 Å². The van der Waals surface area contributed by atoms with Gasteiger partial charge in [0.05, 0.1) is 18.1 Å². The molecule has 7 heteroatoms. The molecule has 1 heterocycles. The van der Waals surface area contributed by atoms with E-state index in [-0.39, 0.29) is 11.3 Å². The number of aromatic amines is 1. The third-order valence-electron chi connectivity index (χ3n) is 5.39. The maximum atomic E-state index is 13.4. The van der Waals surface area contributed by atoms with Crippen LogP contribution in [0.25, 0.3) is 10.9 Å². The number of para-hydroxylation sites is 2. The van der Waals surface area contributed by atoms with E-state index in [0.717, 1.165) is 22.0 Å². The Morgan fingerprint density at radius 1 is 1.03 bits per heavy atom. The molecule has 7 nitrogen and oxygen atoms in total. The number of hydrogen-bond acceptors (Lipinski definition) is 4. The largest absolute Gasteiger partial charge is 0.497 e. The topological polar surface area (TPSA) is 88.5 Å². The quantitative estimate of drug-likeness (QED) is 0.357. The molecule has 0 unspecified atom stereocenters. The zero-order chi connectivity index (χ0) is 22.0. The third-order valence-corrected chi connectivity index (χ3v) is 5.39. The molecule has 0 spiro atoms. The van der Waals surface area contributed by atoms with Crippen LogP contribution >= 0.6 is 0 Å². The number of nitro benzene ring substituents is 1. The van der Waals surface area contributed by atoms with E-state index < -0.39 is 16.9 Å². The summed E-state index contributed by atoms with van der Waals surface area (Å²) in [5.74, 6) is 0.271. The fourth-order valence-electron chi connectivity index (χ4n) is 3.84. The van der Waals surface area contributed by atoms with Crippen molar-refractivity contribution in [2.45, 2.75) is 6.04 Å². The SMILES string of the molecule is COc1ccc([C@@H](c2c[nH]c3ccccc23)N(C)C(=O)c2ccccc2[N+](=O)[O-])cc1. The Bertz CT molecular complexity index is 1250. The number of fused-ring (bicyclic) bond motifs is 1. The molecule has 0 saturated carbocycles. The summed E-state index contributed by atoms with van der Waals surface area (Å²) in [6.45, 7) is 0. The summed E-state index contributed by atoms with van der Waals surface area (Å²) in [7, 11) is 3.26. The first-order valence-corrected chi connectivity index (χ1v) is 9.72. The molecule has 0 saturated heterocycles. The van der Waals surface area contributed by atoms with Gasteiger partial charge in [-0.15, -0.1) is 0 Å². The van der Waals surface area contributed by atoms with Gasteiger partial charge in [0.15, 0.2) is 0 Å². The molecule has 0 aliphatic heterocycles. The molecule has 0 fully saturated rings. The molecule has 4 rings (SSSR count). The highest BCUT2D eigenvalue weighted by atomic mass is 16.6. The smallest absolute Gasteiger partial charge is 0.282 e. The summed E-state index contributed by atoms with van der Waals surface area (Å²) in [4.78, 5) is 29.2. The van der Waals surface area contributed by atoms with Crippen LogP contribution in [0.3, 0.4) is 0 Å². The van der Waals surface area contributed by atoms with Gasteiger partial charge >= 0.3 is 0 Å². The number of ether oxygens (including phenoxy) is 1. The van der Waals surface area contributed by atoms with Gasteiger partial charge in [0.2, 0.25) is 0 Å². The summed E-state index contributed by atoms with van der Waals surface area (Å²) < 4.78 is 5.27. The molecule has 1 amide bonds. The second kappa shape index (κ2) is 8.31. The third kappa shape index (κ3) is 3.73. The van der Waals surface area contributed by atoms with Gasteiger partial charge in [-0.3, -0.25) is 14.9 Å². The van der Waals surface area contributed by atoms with Crippen LogP contribution in [0.1, 0.15) is 27.5 Å². The van der Waals surface area contributed by atoms with Crippen molar-refractivity contribution in [2.75, 3.05) is 14.2 Å². The van der Waals surface area contributed by atoms with E-state index in [9.17, 15) is 14.9 Å². The van der Waals surface area contributed by atoms with E-state index in [4.69, 9.17) is 4.74 Å². The summed E-state index contributed by atoms with van der Waals surface area (Å²) in [6, 6.07) is 20.8. The monoisotopic (exact) mass is 415 g/mol. The Hall–Kier alpha value is -4.13. The number of carbonyl (C=O) groups is 1. The maximum absolute atomic E-state index is 13.4. The average molecular weight is 415 g/mol. The Morgan fingerprint density at radius 2 is 1.71 bits per heavy atom. The van der Waals surface area contributed by atoms with Crippen molar-refractivity contribution in [3.8, 4) is 5.75 Å². The Morgan fingerprint density at radius 3 is 2.42 bits per heavy atom. The highest BCUT2D eigenvalue weighted by Crippen LogP contribution is 2.35. The van der Waals surface area contributed by atoms with Crippen LogP contribution in [0.2, 0.25) is 0 Å². The summed E-state index contributed by atoms with van der Waals surface area (Å²) >= 11 is 0. The average Bonchev–Trinajstić information content (AvgIpc) is 3.23. The lowest BCUT2D eigenvalue weighted by atomic mass is 9.96. The van der Waals surface area contributed by atoms with Crippen LogP contribution in [-0.4, -0.2) is 34.9 Å². The van der Waals surface area contributed by atoms with Gasteiger partial charge in [-0.2, -0.15) is 0 Å². The number of rotatable bonds is 6. The maximum Gasteiger partial charge on any atom is 0.282 e. The van der Waals surface area contributed by atoms with Crippen LogP contribution in [0.4, 0.5) is 5.69 Å². The first kappa shape index (κ1) is 20.2. The number of benzene rings is 3. The van der Waals surface area contributed by atoms with Crippen LogP contribution in [0.5, 0.6) is 5.75 Å². The second-order valence-electron chi connectivity index (χ2n) is 7.16. The fraction of sp³-hybridized carbons (Fsp3) is 0.125. The van der Waals surface area contributed by atoms with Crippen LogP contribution in [-0.2, 0) is 0 Å². The molecule has 31 heavy (non-hydrogen) atoms. The molecule has 156 valence electrons. The first-order valence-electron chi connectivity index (χ1n) is 9.72. The lowest BCUT2D eigenvalue weighted by Crippen LogP contribution is -2.32. The van der Waals surface area contributed by atoms with Crippen molar-refractivity contribution in [1.29, 1.82) is 0 Å². The van der Waals surface area contributed by atoms with Gasteiger partial charge < -0.3 is 14.6 Å². The zero-order valence-electron chi connectivity index (χ0n) is 17.1. The second-order valence-corrected chi connectivity index (χ2v) is 7.16. The molecule has 4 aromatic rings. The van der Waals surface area contributed by atoms with E-state index in [1.807, 2.05) is 54.7 Å². The number of nitrogens with one attached hydrogen (secondary N) is 1. The van der Waals surface area contributed by atoms with Crippen LogP contribution < -0.4 is 4.74 Å². The number of nitrogens with zero attached hydrogens (tertiary/aromatic N) is 2. The number of hydrogen-bond donors (Lipinski definition) is 1. The summed E-state index contributed by atoms with van der Waals surface area (Å²) in [5, 5.41) is 12.5. The van der Waals surface area contributed by atoms with E-state index in [1.165, 1.54) is 12.1 Å². The molecule has 1 N–H and O–H groups in total. The fourth-order valence-corrected chi connectivity index (χ4v) is 3.84. The van der Waals surface area contributed by atoms with Crippen molar-refractivity contribution < 1.29 is 14.5 Å². The van der Waals surface area contributed by atoms with Crippen molar-refractivity contribution in [1.82, 2.24) is 9.88 Å². The van der Waals surface area contributed by atoms with E-state index in [1.54, 1.807) is 31.2 Å². The number of carbonyl (C=O) groups excluding carboxylic acids is 1. The van der Waals surface area contributed by atoms with Crippen LogP contribution in [0, 0.1) is 10.1 Å². The van der Waals surface area contributed by atoms with E-state index in [0.29, 0.717) is 5.75 Å². The summed E-state index contributed by atoms with van der Waals surface area (Å²) in [6.07, 6.45) is 1.88. The minimum absolute atomic E-state index is 0.0494. The molecule has 1 aromatic heterocycles. The van der Waals surface area contributed by atoms with Gasteiger partial charge in [0, 0.05) is 35.8 Å². The highest BCUT2D eigenvalue weighted by Gasteiger charge is 2.30. The van der Waals surface area contributed by atoms with Crippen molar-refractivity contribution in [3.63, 3.8) is 0 Å². The molecular weight excluding hydrogens is 394 g/mol. The molecule has 1 atom stereocenters.